The van der Waals surface area contributed by atoms with Crippen LogP contribution in [0.2, 0.25) is 0 Å². The Balaban J connectivity index is 1.58. The van der Waals surface area contributed by atoms with Gasteiger partial charge in [0.1, 0.15) is 0 Å². The number of nitrogens with zero attached hydrogens (tertiary/aromatic N) is 3. The lowest BCUT2D eigenvalue weighted by atomic mass is 10.2. The molecule has 1 aromatic carbocycles. The first-order chi connectivity index (χ1) is 12.3. The number of anilines is 2. The Morgan fingerprint density at radius 1 is 1.00 bits per heavy atom. The number of nitrogens with one attached hydrogen (secondary N) is 1. The zero-order valence-corrected chi connectivity index (χ0v) is 15.2. The highest BCUT2D eigenvalue weighted by atomic mass is 16.5. The number of hydrogen-bond donors (Lipinski definition) is 1. The molecule has 2 amide bonds. The van der Waals surface area contributed by atoms with Gasteiger partial charge in [0.15, 0.2) is 0 Å². The van der Waals surface area contributed by atoms with E-state index in [1.165, 1.54) is 11.4 Å². The molecule has 2 heterocycles. The zero-order valence-electron chi connectivity index (χ0n) is 15.2. The molecule has 6 nitrogen and oxygen atoms in total. The number of ether oxygens (including phenoxy) is 1. The number of hydrogen-bond acceptors (Lipinski definition) is 4. The molecular formula is C19H30N4O2. The van der Waals surface area contributed by atoms with E-state index >= 15 is 0 Å². The number of urea groups is 1. The number of para-hydroxylation sites is 2. The van der Waals surface area contributed by atoms with Gasteiger partial charge in [-0.15, -0.1) is 0 Å². The standard InChI is InChI=1S/C19H30N4O2/c1-2-3-8-20-19(24)23-11-9-21(10-12-23)17-6-4-5-7-18(17)22-13-15-25-16-14-22/h4-7H,2-3,8-16H2,1H3,(H,20,24). The largest absolute Gasteiger partial charge is 0.378 e. The summed E-state index contributed by atoms with van der Waals surface area (Å²) >= 11 is 0. The van der Waals surface area contributed by atoms with Crippen LogP contribution in [0.5, 0.6) is 0 Å². The van der Waals surface area contributed by atoms with Gasteiger partial charge in [0, 0.05) is 45.8 Å². The predicted molar refractivity (Wildman–Crippen MR) is 102 cm³/mol. The minimum Gasteiger partial charge on any atom is -0.378 e. The second-order valence-corrected chi connectivity index (χ2v) is 6.65. The van der Waals surface area contributed by atoms with Crippen molar-refractivity contribution in [1.82, 2.24) is 10.2 Å². The van der Waals surface area contributed by atoms with Gasteiger partial charge in [0.05, 0.1) is 24.6 Å². The number of carbonyl (C=O) groups excluding carboxylic acids is 1. The summed E-state index contributed by atoms with van der Waals surface area (Å²) in [6.45, 7) is 9.68. The van der Waals surface area contributed by atoms with E-state index in [9.17, 15) is 4.79 Å². The Morgan fingerprint density at radius 3 is 2.20 bits per heavy atom. The van der Waals surface area contributed by atoms with Gasteiger partial charge in [-0.1, -0.05) is 25.5 Å². The molecule has 25 heavy (non-hydrogen) atoms. The molecule has 0 spiro atoms. The maximum absolute atomic E-state index is 12.2. The van der Waals surface area contributed by atoms with Crippen LogP contribution in [0.1, 0.15) is 19.8 Å². The molecule has 0 saturated carbocycles. The zero-order chi connectivity index (χ0) is 17.5. The molecule has 0 aromatic heterocycles. The van der Waals surface area contributed by atoms with Crippen LogP contribution < -0.4 is 15.1 Å². The Morgan fingerprint density at radius 2 is 1.60 bits per heavy atom. The summed E-state index contributed by atoms with van der Waals surface area (Å²) in [6.07, 6.45) is 2.14. The van der Waals surface area contributed by atoms with Crippen molar-refractivity contribution in [2.75, 3.05) is 68.8 Å². The van der Waals surface area contributed by atoms with E-state index in [1.54, 1.807) is 0 Å². The Bertz CT molecular complexity index is 552. The minimum atomic E-state index is 0.0783. The molecule has 0 unspecified atom stereocenters. The summed E-state index contributed by atoms with van der Waals surface area (Å²) in [5.41, 5.74) is 2.56. The Labute approximate surface area is 150 Å². The van der Waals surface area contributed by atoms with E-state index in [2.05, 4.69) is 46.3 Å². The van der Waals surface area contributed by atoms with Crippen molar-refractivity contribution < 1.29 is 9.53 Å². The van der Waals surface area contributed by atoms with E-state index in [0.29, 0.717) is 0 Å². The number of rotatable bonds is 5. The molecule has 0 atom stereocenters. The summed E-state index contributed by atoms with van der Waals surface area (Å²) in [5, 5.41) is 3.02. The third-order valence-corrected chi connectivity index (χ3v) is 4.95. The summed E-state index contributed by atoms with van der Waals surface area (Å²) in [7, 11) is 0. The quantitative estimate of drug-likeness (QED) is 0.830. The highest BCUT2D eigenvalue weighted by Gasteiger charge is 2.24. The first-order valence-electron chi connectivity index (χ1n) is 9.49. The first kappa shape index (κ1) is 17.9. The molecule has 0 aliphatic carbocycles. The maximum atomic E-state index is 12.2. The number of morpholine rings is 1. The molecule has 2 aliphatic rings. The smallest absolute Gasteiger partial charge is 0.317 e. The monoisotopic (exact) mass is 346 g/mol. The maximum Gasteiger partial charge on any atom is 0.317 e. The van der Waals surface area contributed by atoms with Crippen LogP contribution in [-0.2, 0) is 4.74 Å². The number of benzene rings is 1. The van der Waals surface area contributed by atoms with Crippen LogP contribution >= 0.6 is 0 Å². The summed E-state index contributed by atoms with van der Waals surface area (Å²) in [6, 6.07) is 8.68. The van der Waals surface area contributed by atoms with Gasteiger partial charge in [-0.3, -0.25) is 0 Å². The van der Waals surface area contributed by atoms with Crippen molar-refractivity contribution in [2.24, 2.45) is 0 Å². The average molecular weight is 346 g/mol. The van der Waals surface area contributed by atoms with Crippen molar-refractivity contribution in [2.45, 2.75) is 19.8 Å². The fourth-order valence-corrected chi connectivity index (χ4v) is 3.44. The molecule has 6 heteroatoms. The lowest BCUT2D eigenvalue weighted by Gasteiger charge is -2.39. The normalized spacial score (nSPS) is 18.4. The van der Waals surface area contributed by atoms with Crippen molar-refractivity contribution in [1.29, 1.82) is 0 Å². The number of amides is 2. The lowest BCUT2D eigenvalue weighted by molar-refractivity contribution is 0.122. The van der Waals surface area contributed by atoms with E-state index in [1.807, 2.05) is 4.90 Å². The fraction of sp³-hybridized carbons (Fsp3) is 0.632. The van der Waals surface area contributed by atoms with Gasteiger partial charge in [0.2, 0.25) is 0 Å². The van der Waals surface area contributed by atoms with E-state index in [-0.39, 0.29) is 6.03 Å². The third kappa shape index (κ3) is 4.57. The average Bonchev–Trinajstić information content (AvgIpc) is 2.69. The van der Waals surface area contributed by atoms with Crippen molar-refractivity contribution in [3.63, 3.8) is 0 Å². The van der Waals surface area contributed by atoms with Gasteiger partial charge in [-0.25, -0.2) is 4.79 Å². The van der Waals surface area contributed by atoms with E-state index in [0.717, 1.165) is 71.9 Å². The summed E-state index contributed by atoms with van der Waals surface area (Å²) in [4.78, 5) is 18.9. The molecule has 2 fully saturated rings. The molecule has 1 aromatic rings. The van der Waals surface area contributed by atoms with Gasteiger partial charge < -0.3 is 24.8 Å². The van der Waals surface area contributed by atoms with Crippen molar-refractivity contribution >= 4 is 17.4 Å². The number of piperazine rings is 1. The molecule has 0 radical (unpaired) electrons. The van der Waals surface area contributed by atoms with Crippen LogP contribution in [0, 0.1) is 0 Å². The molecule has 2 aliphatic heterocycles. The Hall–Kier alpha value is -1.95. The molecule has 0 bridgehead atoms. The van der Waals surface area contributed by atoms with Gasteiger partial charge in [-0.05, 0) is 18.6 Å². The summed E-state index contributed by atoms with van der Waals surface area (Å²) < 4.78 is 5.48. The molecule has 138 valence electrons. The number of unbranched alkanes of at least 4 members (excludes halogenated alkanes) is 1. The fourth-order valence-electron chi connectivity index (χ4n) is 3.44. The van der Waals surface area contributed by atoms with Crippen molar-refractivity contribution in [3.8, 4) is 0 Å². The predicted octanol–water partition coefficient (Wildman–Crippen LogP) is 2.15. The number of carbonyl (C=O) groups is 1. The van der Waals surface area contributed by atoms with Gasteiger partial charge >= 0.3 is 6.03 Å². The molecular weight excluding hydrogens is 316 g/mol. The van der Waals surface area contributed by atoms with Crippen LogP contribution in [-0.4, -0.2) is 70.0 Å². The highest BCUT2D eigenvalue weighted by Crippen LogP contribution is 2.30. The van der Waals surface area contributed by atoms with Gasteiger partial charge in [0.25, 0.3) is 0 Å². The second kappa shape index (κ2) is 8.94. The molecule has 2 saturated heterocycles. The van der Waals surface area contributed by atoms with Crippen molar-refractivity contribution in [3.05, 3.63) is 24.3 Å². The van der Waals surface area contributed by atoms with E-state index < -0.39 is 0 Å². The molecule has 3 rings (SSSR count). The summed E-state index contributed by atoms with van der Waals surface area (Å²) in [5.74, 6) is 0. The van der Waals surface area contributed by atoms with Crippen LogP contribution in [0.25, 0.3) is 0 Å². The minimum absolute atomic E-state index is 0.0783. The van der Waals surface area contributed by atoms with Crippen LogP contribution in [0.3, 0.4) is 0 Å². The lowest BCUT2D eigenvalue weighted by Crippen LogP contribution is -2.52. The SMILES string of the molecule is CCCCNC(=O)N1CCN(c2ccccc2N2CCOCC2)CC1. The molecule has 1 N–H and O–H groups in total. The Kier molecular flexibility index (Phi) is 6.39. The first-order valence-corrected chi connectivity index (χ1v) is 9.49. The highest BCUT2D eigenvalue weighted by molar-refractivity contribution is 5.75. The topological polar surface area (TPSA) is 48.1 Å². The third-order valence-electron chi connectivity index (χ3n) is 4.95. The second-order valence-electron chi connectivity index (χ2n) is 6.65. The van der Waals surface area contributed by atoms with Crippen LogP contribution in [0.4, 0.5) is 16.2 Å². The van der Waals surface area contributed by atoms with E-state index in [4.69, 9.17) is 4.74 Å². The van der Waals surface area contributed by atoms with Crippen LogP contribution in [0.15, 0.2) is 24.3 Å². The van der Waals surface area contributed by atoms with Gasteiger partial charge in [-0.2, -0.15) is 0 Å².